The molecule has 0 unspecified atom stereocenters. The van der Waals surface area contributed by atoms with Crippen LogP contribution in [0.5, 0.6) is 0 Å². The number of fused-ring (bicyclic) bond motifs is 1. The molecule has 0 bridgehead atoms. The standard InChI is InChI=1S/C20H28N6O2S/c1-14-16-18(26-11-9-24(2)10-12-26)22-13-23-20(16)29-17(14)19(28)21-6-4-8-25-7-3-5-15(25)27/h13H,3-12H2,1-2H3,(H,21,28). The molecule has 4 rings (SSSR count). The van der Waals surface area contributed by atoms with Crippen LogP contribution in [0.25, 0.3) is 10.2 Å². The van der Waals surface area contributed by atoms with E-state index in [-0.39, 0.29) is 11.8 Å². The Morgan fingerprint density at radius 3 is 2.72 bits per heavy atom. The highest BCUT2D eigenvalue weighted by Crippen LogP contribution is 2.35. The fourth-order valence-electron chi connectivity index (χ4n) is 4.02. The second kappa shape index (κ2) is 8.62. The number of thiophene rings is 1. The Bertz CT molecular complexity index is 906. The van der Waals surface area contributed by atoms with E-state index in [2.05, 4.69) is 32.1 Å². The number of nitrogens with one attached hydrogen (secondary N) is 1. The van der Waals surface area contributed by atoms with Gasteiger partial charge in [0, 0.05) is 52.2 Å². The van der Waals surface area contributed by atoms with Crippen LogP contribution in [0, 0.1) is 6.92 Å². The van der Waals surface area contributed by atoms with Crippen molar-refractivity contribution in [1.29, 1.82) is 0 Å². The molecule has 29 heavy (non-hydrogen) atoms. The number of anilines is 1. The minimum absolute atomic E-state index is 0.0671. The monoisotopic (exact) mass is 416 g/mol. The van der Waals surface area contributed by atoms with E-state index in [0.717, 1.165) is 67.2 Å². The largest absolute Gasteiger partial charge is 0.353 e. The number of likely N-dealkylation sites (N-methyl/N-ethyl adjacent to an activating group) is 1. The molecule has 2 fully saturated rings. The molecule has 2 aliphatic rings. The Kier molecular flexibility index (Phi) is 5.96. The zero-order valence-corrected chi connectivity index (χ0v) is 17.9. The van der Waals surface area contributed by atoms with E-state index in [1.54, 1.807) is 6.33 Å². The SMILES string of the molecule is Cc1c(C(=O)NCCCN2CCCC2=O)sc2ncnc(N3CCN(C)CC3)c12. The van der Waals surface area contributed by atoms with Gasteiger partial charge >= 0.3 is 0 Å². The average Bonchev–Trinajstić information content (AvgIpc) is 3.29. The van der Waals surface area contributed by atoms with Crippen molar-refractivity contribution in [3.05, 3.63) is 16.8 Å². The molecule has 0 spiro atoms. The smallest absolute Gasteiger partial charge is 0.261 e. The Labute approximate surface area is 174 Å². The van der Waals surface area contributed by atoms with E-state index >= 15 is 0 Å². The molecule has 0 aliphatic carbocycles. The second-order valence-electron chi connectivity index (χ2n) is 7.82. The first kappa shape index (κ1) is 20.0. The van der Waals surface area contributed by atoms with Gasteiger partial charge < -0.3 is 20.0 Å². The summed E-state index contributed by atoms with van der Waals surface area (Å²) in [6.07, 6.45) is 3.97. The van der Waals surface area contributed by atoms with Crippen LogP contribution in [-0.4, -0.2) is 84.4 Å². The fourth-order valence-corrected chi connectivity index (χ4v) is 5.08. The first-order valence-corrected chi connectivity index (χ1v) is 11.1. The maximum absolute atomic E-state index is 12.8. The molecule has 8 nitrogen and oxygen atoms in total. The number of rotatable bonds is 6. The van der Waals surface area contributed by atoms with E-state index in [9.17, 15) is 9.59 Å². The molecule has 2 amide bonds. The Morgan fingerprint density at radius 2 is 2.00 bits per heavy atom. The van der Waals surface area contributed by atoms with Crippen LogP contribution in [0.3, 0.4) is 0 Å². The van der Waals surface area contributed by atoms with Crippen LogP contribution in [0.1, 0.15) is 34.5 Å². The number of nitrogens with zero attached hydrogens (tertiary/aromatic N) is 5. The highest BCUT2D eigenvalue weighted by Gasteiger charge is 2.24. The first-order valence-electron chi connectivity index (χ1n) is 10.3. The molecule has 2 saturated heterocycles. The number of likely N-dealkylation sites (tertiary alicyclic amines) is 1. The highest BCUT2D eigenvalue weighted by atomic mass is 32.1. The maximum atomic E-state index is 12.8. The molecule has 9 heteroatoms. The zero-order chi connectivity index (χ0) is 20.4. The van der Waals surface area contributed by atoms with Gasteiger partial charge in [-0.1, -0.05) is 0 Å². The molecule has 156 valence electrons. The average molecular weight is 417 g/mol. The number of aryl methyl sites for hydroxylation is 1. The topological polar surface area (TPSA) is 81.7 Å². The normalized spacial score (nSPS) is 18.1. The van der Waals surface area contributed by atoms with Crippen molar-refractivity contribution in [2.75, 3.05) is 57.8 Å². The molecule has 1 N–H and O–H groups in total. The lowest BCUT2D eigenvalue weighted by atomic mass is 10.1. The van der Waals surface area contributed by atoms with Gasteiger partial charge in [-0.15, -0.1) is 11.3 Å². The van der Waals surface area contributed by atoms with Crippen molar-refractivity contribution >= 4 is 39.2 Å². The molecule has 2 aromatic heterocycles. The third-order valence-electron chi connectivity index (χ3n) is 5.78. The van der Waals surface area contributed by atoms with E-state index < -0.39 is 0 Å². The van der Waals surface area contributed by atoms with Gasteiger partial charge in [0.15, 0.2) is 0 Å². The molecule has 2 aromatic rings. The van der Waals surface area contributed by atoms with Crippen LogP contribution >= 0.6 is 11.3 Å². The molecule has 0 aromatic carbocycles. The summed E-state index contributed by atoms with van der Waals surface area (Å²) in [5, 5.41) is 4.00. The molecular weight excluding hydrogens is 388 g/mol. The quantitative estimate of drug-likeness (QED) is 0.719. The lowest BCUT2D eigenvalue weighted by Gasteiger charge is -2.33. The Hall–Kier alpha value is -2.26. The minimum Gasteiger partial charge on any atom is -0.353 e. The second-order valence-corrected chi connectivity index (χ2v) is 8.82. The summed E-state index contributed by atoms with van der Waals surface area (Å²) in [7, 11) is 2.13. The van der Waals surface area contributed by atoms with Crippen molar-refractivity contribution in [2.45, 2.75) is 26.2 Å². The Morgan fingerprint density at radius 1 is 1.21 bits per heavy atom. The van der Waals surface area contributed by atoms with Crippen molar-refractivity contribution in [1.82, 2.24) is 25.1 Å². The predicted octanol–water partition coefficient (Wildman–Crippen LogP) is 1.49. The number of amides is 2. The van der Waals surface area contributed by atoms with Crippen LogP contribution in [0.15, 0.2) is 6.33 Å². The molecule has 0 atom stereocenters. The van der Waals surface area contributed by atoms with Gasteiger partial charge in [-0.25, -0.2) is 9.97 Å². The molecular formula is C20H28N6O2S. The number of aromatic nitrogens is 2. The van der Waals surface area contributed by atoms with E-state index in [0.29, 0.717) is 24.4 Å². The summed E-state index contributed by atoms with van der Waals surface area (Å²) in [6.45, 7) is 7.96. The van der Waals surface area contributed by atoms with Crippen molar-refractivity contribution < 1.29 is 9.59 Å². The minimum atomic E-state index is -0.0671. The number of carbonyl (C=O) groups is 2. The van der Waals surface area contributed by atoms with Gasteiger partial charge in [-0.3, -0.25) is 9.59 Å². The third kappa shape index (κ3) is 4.20. The van der Waals surface area contributed by atoms with Gasteiger partial charge in [0.1, 0.15) is 17.0 Å². The molecule has 0 saturated carbocycles. The Balaban J connectivity index is 1.43. The summed E-state index contributed by atoms with van der Waals surface area (Å²) >= 11 is 1.43. The summed E-state index contributed by atoms with van der Waals surface area (Å²) in [5.41, 5.74) is 0.951. The van der Waals surface area contributed by atoms with Gasteiger partial charge in [0.2, 0.25) is 5.91 Å². The van der Waals surface area contributed by atoms with E-state index in [1.807, 2.05) is 11.8 Å². The number of hydrogen-bond acceptors (Lipinski definition) is 7. The number of piperazine rings is 1. The molecule has 2 aliphatic heterocycles. The number of hydrogen-bond donors (Lipinski definition) is 1. The highest BCUT2D eigenvalue weighted by molar-refractivity contribution is 7.20. The van der Waals surface area contributed by atoms with Crippen molar-refractivity contribution in [3.63, 3.8) is 0 Å². The van der Waals surface area contributed by atoms with Gasteiger partial charge in [0.25, 0.3) is 5.91 Å². The lowest BCUT2D eigenvalue weighted by Crippen LogP contribution is -2.44. The third-order valence-corrected chi connectivity index (χ3v) is 6.98. The summed E-state index contributed by atoms with van der Waals surface area (Å²) < 4.78 is 0. The van der Waals surface area contributed by atoms with Crippen molar-refractivity contribution in [3.8, 4) is 0 Å². The first-order chi connectivity index (χ1) is 14.0. The van der Waals surface area contributed by atoms with E-state index in [1.165, 1.54) is 11.3 Å². The van der Waals surface area contributed by atoms with Crippen LogP contribution in [0.4, 0.5) is 5.82 Å². The summed E-state index contributed by atoms with van der Waals surface area (Å²) in [4.78, 5) is 41.5. The molecule has 0 radical (unpaired) electrons. The fraction of sp³-hybridized carbons (Fsp3) is 0.600. The lowest BCUT2D eigenvalue weighted by molar-refractivity contribution is -0.127. The van der Waals surface area contributed by atoms with Gasteiger partial charge in [0.05, 0.1) is 10.3 Å². The van der Waals surface area contributed by atoms with Crippen LogP contribution < -0.4 is 10.2 Å². The molecule has 4 heterocycles. The van der Waals surface area contributed by atoms with Gasteiger partial charge in [-0.2, -0.15) is 0 Å². The predicted molar refractivity (Wildman–Crippen MR) is 115 cm³/mol. The van der Waals surface area contributed by atoms with Crippen LogP contribution in [-0.2, 0) is 4.79 Å². The van der Waals surface area contributed by atoms with Crippen LogP contribution in [0.2, 0.25) is 0 Å². The van der Waals surface area contributed by atoms with E-state index in [4.69, 9.17) is 0 Å². The van der Waals surface area contributed by atoms with Crippen molar-refractivity contribution in [2.24, 2.45) is 0 Å². The summed E-state index contributed by atoms with van der Waals surface area (Å²) in [5.74, 6) is 1.10. The zero-order valence-electron chi connectivity index (χ0n) is 17.1. The van der Waals surface area contributed by atoms with Gasteiger partial charge in [-0.05, 0) is 32.4 Å². The maximum Gasteiger partial charge on any atom is 0.261 e. The number of carbonyl (C=O) groups excluding carboxylic acids is 2. The summed E-state index contributed by atoms with van der Waals surface area (Å²) in [6, 6.07) is 0.